The first kappa shape index (κ1) is 20.0. The van der Waals surface area contributed by atoms with Crippen LogP contribution >= 0.6 is 11.8 Å². The quantitative estimate of drug-likeness (QED) is 0.388. The van der Waals surface area contributed by atoms with Gasteiger partial charge in [0.25, 0.3) is 0 Å². The normalized spacial score (nSPS) is 11.5. The van der Waals surface area contributed by atoms with Gasteiger partial charge in [-0.15, -0.1) is 0 Å². The van der Waals surface area contributed by atoms with Crippen molar-refractivity contribution in [1.82, 2.24) is 14.5 Å². The summed E-state index contributed by atoms with van der Waals surface area (Å²) in [6, 6.07) is 18.3. The molecule has 30 heavy (non-hydrogen) atoms. The maximum atomic E-state index is 13.0. The predicted octanol–water partition coefficient (Wildman–Crippen LogP) is 5.66. The Labute approximate surface area is 175 Å². The van der Waals surface area contributed by atoms with Crippen LogP contribution in [-0.4, -0.2) is 14.5 Å². The zero-order valence-electron chi connectivity index (χ0n) is 15.6. The molecule has 150 valence electrons. The van der Waals surface area contributed by atoms with Crippen molar-refractivity contribution in [2.75, 3.05) is 0 Å². The van der Waals surface area contributed by atoms with Crippen LogP contribution in [0.2, 0.25) is 0 Å². The molecule has 2 heterocycles. The largest absolute Gasteiger partial charge is 0.416 e. The molecule has 4 nitrogen and oxygen atoms in total. The Morgan fingerprint density at radius 3 is 2.60 bits per heavy atom. The van der Waals surface area contributed by atoms with Gasteiger partial charge in [-0.25, -0.2) is 9.97 Å². The standard InChI is InChI=1S/C22H15F3N4S/c23-22(24,25)18-7-2-6-17(11-18)14-30-21-28-19-8-3-9-27-20(19)29(21)13-16-5-1-4-15(10-16)12-26/h1-11H,13-14H2. The fourth-order valence-corrected chi connectivity index (χ4v) is 4.04. The van der Waals surface area contributed by atoms with Crippen molar-refractivity contribution >= 4 is 22.9 Å². The van der Waals surface area contributed by atoms with Crippen LogP contribution in [0.25, 0.3) is 11.2 Å². The average molecular weight is 424 g/mol. The van der Waals surface area contributed by atoms with E-state index in [2.05, 4.69) is 16.0 Å². The summed E-state index contributed by atoms with van der Waals surface area (Å²) in [5, 5.41) is 9.79. The highest BCUT2D eigenvalue weighted by Gasteiger charge is 2.30. The molecule has 0 radical (unpaired) electrons. The zero-order valence-corrected chi connectivity index (χ0v) is 16.4. The maximum Gasteiger partial charge on any atom is 0.416 e. The van der Waals surface area contributed by atoms with Crippen LogP contribution in [0.1, 0.15) is 22.3 Å². The molecule has 0 bridgehead atoms. The van der Waals surface area contributed by atoms with E-state index < -0.39 is 11.7 Å². The van der Waals surface area contributed by atoms with Crippen molar-refractivity contribution < 1.29 is 13.2 Å². The minimum Gasteiger partial charge on any atom is -0.299 e. The van der Waals surface area contributed by atoms with Crippen LogP contribution in [0.5, 0.6) is 0 Å². The van der Waals surface area contributed by atoms with E-state index in [4.69, 9.17) is 5.26 Å². The number of halogens is 3. The van der Waals surface area contributed by atoms with Crippen LogP contribution in [0.4, 0.5) is 13.2 Å². The number of benzene rings is 2. The Morgan fingerprint density at radius 1 is 1.00 bits per heavy atom. The molecule has 0 amide bonds. The van der Waals surface area contributed by atoms with Gasteiger partial charge in [-0.3, -0.25) is 4.57 Å². The number of fused-ring (bicyclic) bond motifs is 1. The fraction of sp³-hybridized carbons (Fsp3) is 0.136. The maximum absolute atomic E-state index is 13.0. The number of nitriles is 1. The highest BCUT2D eigenvalue weighted by molar-refractivity contribution is 7.98. The minimum absolute atomic E-state index is 0.339. The summed E-state index contributed by atoms with van der Waals surface area (Å²) in [5.74, 6) is 0.339. The number of hydrogen-bond donors (Lipinski definition) is 0. The van der Waals surface area contributed by atoms with E-state index >= 15 is 0 Å². The third-order valence-electron chi connectivity index (χ3n) is 4.49. The van der Waals surface area contributed by atoms with Gasteiger partial charge < -0.3 is 0 Å². The molecular formula is C22H15F3N4S. The Bertz CT molecular complexity index is 1240. The van der Waals surface area contributed by atoms with Gasteiger partial charge >= 0.3 is 6.18 Å². The van der Waals surface area contributed by atoms with Gasteiger partial charge in [-0.2, -0.15) is 18.4 Å². The molecule has 0 atom stereocenters. The first-order valence-electron chi connectivity index (χ1n) is 9.03. The molecule has 2 aromatic carbocycles. The van der Waals surface area contributed by atoms with Crippen LogP contribution in [0.15, 0.2) is 72.0 Å². The lowest BCUT2D eigenvalue weighted by atomic mass is 10.1. The molecule has 0 saturated carbocycles. The number of pyridine rings is 1. The highest BCUT2D eigenvalue weighted by atomic mass is 32.2. The van der Waals surface area contributed by atoms with E-state index in [1.807, 2.05) is 22.8 Å². The molecule has 0 unspecified atom stereocenters. The number of imidazole rings is 1. The number of rotatable bonds is 5. The summed E-state index contributed by atoms with van der Waals surface area (Å²) in [5.41, 5.74) is 2.77. The summed E-state index contributed by atoms with van der Waals surface area (Å²) in [7, 11) is 0. The molecular weight excluding hydrogens is 409 g/mol. The number of alkyl halides is 3. The third kappa shape index (κ3) is 4.31. The minimum atomic E-state index is -4.37. The Morgan fingerprint density at radius 2 is 1.80 bits per heavy atom. The SMILES string of the molecule is N#Cc1cccc(Cn2c(SCc3cccc(C(F)(F)F)c3)nc3cccnc32)c1. The smallest absolute Gasteiger partial charge is 0.299 e. The van der Waals surface area contributed by atoms with E-state index in [1.54, 1.807) is 30.5 Å². The first-order chi connectivity index (χ1) is 14.4. The molecule has 4 aromatic rings. The summed E-state index contributed by atoms with van der Waals surface area (Å²) >= 11 is 1.35. The van der Waals surface area contributed by atoms with Gasteiger partial charge in [-0.05, 0) is 41.5 Å². The van der Waals surface area contributed by atoms with Crippen LogP contribution in [0.3, 0.4) is 0 Å². The van der Waals surface area contributed by atoms with Gasteiger partial charge in [0.2, 0.25) is 0 Å². The van der Waals surface area contributed by atoms with Gasteiger partial charge in [0.15, 0.2) is 10.8 Å². The first-order valence-corrected chi connectivity index (χ1v) is 10.0. The third-order valence-corrected chi connectivity index (χ3v) is 5.54. The average Bonchev–Trinajstić information content (AvgIpc) is 3.09. The van der Waals surface area contributed by atoms with E-state index in [0.29, 0.717) is 39.7 Å². The molecule has 4 rings (SSSR count). The van der Waals surface area contributed by atoms with Crippen LogP contribution in [0, 0.1) is 11.3 Å². The molecule has 0 aliphatic heterocycles. The molecule has 0 fully saturated rings. The van der Waals surface area contributed by atoms with Gasteiger partial charge in [0, 0.05) is 11.9 Å². The van der Waals surface area contributed by atoms with Crippen molar-refractivity contribution in [2.45, 2.75) is 23.6 Å². The Hall–Kier alpha value is -3.31. The summed E-state index contributed by atoms with van der Waals surface area (Å²) in [6.07, 6.45) is -2.70. The second-order valence-corrected chi connectivity index (χ2v) is 7.57. The topological polar surface area (TPSA) is 54.5 Å². The van der Waals surface area contributed by atoms with Gasteiger partial charge in [0.1, 0.15) is 5.52 Å². The molecule has 0 saturated heterocycles. The number of thioether (sulfide) groups is 1. The van der Waals surface area contributed by atoms with E-state index in [1.165, 1.54) is 17.8 Å². The molecule has 0 spiro atoms. The summed E-state index contributed by atoms with van der Waals surface area (Å²) in [6.45, 7) is 0.452. The second kappa shape index (κ2) is 8.20. The Balaban J connectivity index is 1.64. The molecule has 8 heteroatoms. The van der Waals surface area contributed by atoms with Gasteiger partial charge in [0.05, 0.1) is 23.7 Å². The summed E-state index contributed by atoms with van der Waals surface area (Å²) < 4.78 is 40.9. The molecule has 0 aliphatic carbocycles. The van der Waals surface area contributed by atoms with Crippen molar-refractivity contribution in [3.63, 3.8) is 0 Å². The van der Waals surface area contributed by atoms with Crippen LogP contribution in [-0.2, 0) is 18.5 Å². The highest BCUT2D eigenvalue weighted by Crippen LogP contribution is 2.32. The summed E-state index contributed by atoms with van der Waals surface area (Å²) in [4.78, 5) is 9.03. The van der Waals surface area contributed by atoms with Crippen molar-refractivity contribution in [2.24, 2.45) is 0 Å². The zero-order chi connectivity index (χ0) is 21.1. The van der Waals surface area contributed by atoms with Crippen molar-refractivity contribution in [1.29, 1.82) is 5.26 Å². The van der Waals surface area contributed by atoms with Crippen molar-refractivity contribution in [3.8, 4) is 6.07 Å². The van der Waals surface area contributed by atoms with Crippen LogP contribution < -0.4 is 0 Å². The number of nitrogens with zero attached hydrogens (tertiary/aromatic N) is 4. The number of hydrogen-bond acceptors (Lipinski definition) is 4. The fourth-order valence-electron chi connectivity index (χ4n) is 3.10. The van der Waals surface area contributed by atoms with Crippen molar-refractivity contribution in [3.05, 3.63) is 89.1 Å². The predicted molar refractivity (Wildman–Crippen MR) is 109 cm³/mol. The lowest BCUT2D eigenvalue weighted by Gasteiger charge is -2.10. The molecule has 0 aliphatic rings. The second-order valence-electron chi connectivity index (χ2n) is 6.63. The van der Waals surface area contributed by atoms with E-state index in [9.17, 15) is 13.2 Å². The molecule has 2 aromatic heterocycles. The Kier molecular flexibility index (Phi) is 5.46. The van der Waals surface area contributed by atoms with E-state index in [0.717, 1.165) is 17.7 Å². The lowest BCUT2D eigenvalue weighted by Crippen LogP contribution is -2.05. The van der Waals surface area contributed by atoms with E-state index in [-0.39, 0.29) is 0 Å². The van der Waals surface area contributed by atoms with Gasteiger partial charge in [-0.1, -0.05) is 42.1 Å². The monoisotopic (exact) mass is 424 g/mol. The number of aromatic nitrogens is 3. The lowest BCUT2D eigenvalue weighted by molar-refractivity contribution is -0.137. The molecule has 0 N–H and O–H groups in total.